The van der Waals surface area contributed by atoms with Crippen LogP contribution in [0.1, 0.15) is 18.9 Å². The summed E-state index contributed by atoms with van der Waals surface area (Å²) in [6.45, 7) is 1.44. The molecule has 1 aromatic rings. The van der Waals surface area contributed by atoms with Crippen LogP contribution in [0.4, 0.5) is 0 Å². The molecule has 8 nitrogen and oxygen atoms in total. The Kier molecular flexibility index (Phi) is 6.07. The van der Waals surface area contributed by atoms with E-state index in [9.17, 15) is 18.3 Å². The molecule has 0 aromatic heterocycles. The molecule has 10 heteroatoms. The number of alkyl halides is 1. The molecule has 1 aliphatic heterocycles. The van der Waals surface area contributed by atoms with E-state index in [2.05, 4.69) is 20.7 Å². The predicted octanol–water partition coefficient (Wildman–Crippen LogP) is 1.95. The van der Waals surface area contributed by atoms with Gasteiger partial charge in [-0.15, -0.1) is 0 Å². The smallest absolute Gasteiger partial charge is 0.250 e. The number of aliphatic hydroxyl groups is 1. The quantitative estimate of drug-likeness (QED) is 0.583. The average molecular weight is 450 g/mol. The van der Waals surface area contributed by atoms with E-state index in [1.807, 2.05) is 0 Å². The average Bonchev–Trinajstić information content (AvgIpc) is 2.83. The topological polar surface area (TPSA) is 111 Å². The summed E-state index contributed by atoms with van der Waals surface area (Å²) in [6, 6.07) is 4.70. The molecule has 0 bridgehead atoms. The fourth-order valence-electron chi connectivity index (χ4n) is 2.46. The van der Waals surface area contributed by atoms with Crippen molar-refractivity contribution in [2.45, 2.75) is 18.9 Å². The standard InChI is InChI=1S/C16H20BrNO7S/c1-16(10-5-6-11(23-2)12(9-10)24-3)14(20)13(19)15(25-16)18-26(21,22)8-4-7-17/h5-6,9,18-19H,4,7-8H2,1-3H3. The Morgan fingerprint density at radius 1 is 1.27 bits per heavy atom. The first-order valence-electron chi connectivity index (χ1n) is 7.64. The third kappa shape index (κ3) is 3.90. The number of carbonyl (C=O) groups is 1. The number of halogens is 1. The molecule has 1 aliphatic rings. The second kappa shape index (κ2) is 7.75. The fraction of sp³-hybridized carbons (Fsp3) is 0.438. The highest BCUT2D eigenvalue weighted by Gasteiger charge is 2.49. The lowest BCUT2D eigenvalue weighted by Gasteiger charge is -2.24. The van der Waals surface area contributed by atoms with Gasteiger partial charge in [-0.3, -0.25) is 9.52 Å². The maximum absolute atomic E-state index is 12.5. The minimum Gasteiger partial charge on any atom is -0.501 e. The Balaban J connectivity index is 2.32. The van der Waals surface area contributed by atoms with E-state index in [0.29, 0.717) is 28.8 Å². The first kappa shape index (κ1) is 20.4. The van der Waals surface area contributed by atoms with E-state index in [0.717, 1.165) is 0 Å². The fourth-order valence-corrected chi connectivity index (χ4v) is 4.16. The molecule has 0 fully saturated rings. The van der Waals surface area contributed by atoms with Gasteiger partial charge in [0, 0.05) is 10.9 Å². The van der Waals surface area contributed by atoms with Crippen LogP contribution >= 0.6 is 15.9 Å². The van der Waals surface area contributed by atoms with Crippen molar-refractivity contribution in [2.75, 3.05) is 25.3 Å². The highest BCUT2D eigenvalue weighted by molar-refractivity contribution is 9.09. The number of benzene rings is 1. The third-order valence-corrected chi connectivity index (χ3v) is 5.78. The molecule has 1 heterocycles. The Labute approximate surface area is 160 Å². The number of rotatable bonds is 8. The number of Topliss-reactive ketones (excluding diaryl/α,β-unsaturated/α-hetero) is 1. The highest BCUT2D eigenvalue weighted by atomic mass is 79.9. The molecule has 0 radical (unpaired) electrons. The summed E-state index contributed by atoms with van der Waals surface area (Å²) in [4.78, 5) is 12.5. The number of nitrogens with one attached hydrogen (secondary N) is 1. The van der Waals surface area contributed by atoms with Crippen LogP contribution < -0.4 is 14.2 Å². The van der Waals surface area contributed by atoms with Gasteiger partial charge in [0.1, 0.15) is 0 Å². The first-order chi connectivity index (χ1) is 12.2. The van der Waals surface area contributed by atoms with E-state index in [1.54, 1.807) is 12.1 Å². The third-order valence-electron chi connectivity index (χ3n) is 3.90. The summed E-state index contributed by atoms with van der Waals surface area (Å²) in [5, 5.41) is 10.6. The molecule has 144 valence electrons. The van der Waals surface area contributed by atoms with Gasteiger partial charge >= 0.3 is 0 Å². The van der Waals surface area contributed by atoms with E-state index in [4.69, 9.17) is 14.2 Å². The van der Waals surface area contributed by atoms with Crippen LogP contribution in [0, 0.1) is 0 Å². The van der Waals surface area contributed by atoms with E-state index >= 15 is 0 Å². The van der Waals surface area contributed by atoms with E-state index in [-0.39, 0.29) is 5.75 Å². The number of aliphatic hydroxyl groups excluding tert-OH is 1. The molecule has 0 saturated carbocycles. The van der Waals surface area contributed by atoms with Crippen molar-refractivity contribution < 1.29 is 32.5 Å². The van der Waals surface area contributed by atoms with Crippen molar-refractivity contribution in [1.29, 1.82) is 0 Å². The predicted molar refractivity (Wildman–Crippen MR) is 98.0 cm³/mol. The van der Waals surface area contributed by atoms with Gasteiger partial charge in [-0.05, 0) is 25.5 Å². The van der Waals surface area contributed by atoms with Gasteiger partial charge in [0.25, 0.3) is 5.78 Å². The van der Waals surface area contributed by atoms with Crippen LogP contribution in [-0.2, 0) is 25.2 Å². The number of hydrogen-bond acceptors (Lipinski definition) is 7. The molecular formula is C16H20BrNO7S. The van der Waals surface area contributed by atoms with E-state index < -0.39 is 33.0 Å². The van der Waals surface area contributed by atoms with E-state index in [1.165, 1.54) is 27.2 Å². The molecule has 0 aliphatic carbocycles. The first-order valence-corrected chi connectivity index (χ1v) is 10.4. The zero-order valence-electron chi connectivity index (χ0n) is 14.5. The SMILES string of the molecule is COc1ccc(C2(C)OC(NS(=O)(=O)CCCBr)=C(O)C2=O)cc1OC. The minimum absolute atomic E-state index is 0.181. The van der Waals surface area contributed by atoms with Gasteiger partial charge in [-0.2, -0.15) is 0 Å². The van der Waals surface area contributed by atoms with Crippen molar-refractivity contribution in [3.63, 3.8) is 0 Å². The van der Waals surface area contributed by atoms with Crippen LogP contribution in [0.15, 0.2) is 29.8 Å². The summed E-state index contributed by atoms with van der Waals surface area (Å²) < 4.78 is 42.1. The number of hydrogen-bond donors (Lipinski definition) is 2. The maximum atomic E-state index is 12.5. The number of ether oxygens (including phenoxy) is 3. The van der Waals surface area contributed by atoms with Gasteiger partial charge in [0.15, 0.2) is 17.1 Å². The Bertz CT molecular complexity index is 837. The molecule has 1 aromatic carbocycles. The summed E-state index contributed by atoms with van der Waals surface area (Å²) in [5.74, 6) is -1.37. The van der Waals surface area contributed by atoms with Crippen molar-refractivity contribution in [3.05, 3.63) is 35.4 Å². The Morgan fingerprint density at radius 2 is 1.92 bits per heavy atom. The number of sulfonamides is 1. The lowest BCUT2D eigenvalue weighted by atomic mass is 9.91. The van der Waals surface area contributed by atoms with Crippen molar-refractivity contribution in [2.24, 2.45) is 0 Å². The summed E-state index contributed by atoms with van der Waals surface area (Å²) in [6.07, 6.45) is 0.365. The molecular weight excluding hydrogens is 430 g/mol. The molecule has 2 N–H and O–H groups in total. The number of methoxy groups -OCH3 is 2. The molecule has 0 amide bonds. The van der Waals surface area contributed by atoms with Crippen molar-refractivity contribution in [3.8, 4) is 11.5 Å². The molecule has 1 atom stereocenters. The number of carbonyl (C=O) groups excluding carboxylic acids is 1. The van der Waals surface area contributed by atoms with Crippen LogP contribution in [0.2, 0.25) is 0 Å². The van der Waals surface area contributed by atoms with Crippen LogP contribution in [0.25, 0.3) is 0 Å². The van der Waals surface area contributed by atoms with Gasteiger partial charge in [0.05, 0.1) is 20.0 Å². The Morgan fingerprint density at radius 3 is 2.50 bits per heavy atom. The maximum Gasteiger partial charge on any atom is 0.250 e. The molecule has 0 saturated heterocycles. The second-order valence-electron chi connectivity index (χ2n) is 5.68. The van der Waals surface area contributed by atoms with Crippen molar-refractivity contribution in [1.82, 2.24) is 4.72 Å². The van der Waals surface area contributed by atoms with Gasteiger partial charge in [-0.25, -0.2) is 8.42 Å². The van der Waals surface area contributed by atoms with Crippen molar-refractivity contribution >= 4 is 31.7 Å². The van der Waals surface area contributed by atoms with Crippen LogP contribution in [-0.4, -0.2) is 44.6 Å². The van der Waals surface area contributed by atoms with Crippen LogP contribution in [0.3, 0.4) is 0 Å². The molecule has 26 heavy (non-hydrogen) atoms. The van der Waals surface area contributed by atoms with Gasteiger partial charge in [-0.1, -0.05) is 22.0 Å². The summed E-state index contributed by atoms with van der Waals surface area (Å²) in [7, 11) is -0.838. The lowest BCUT2D eigenvalue weighted by molar-refractivity contribution is -0.131. The monoisotopic (exact) mass is 449 g/mol. The molecule has 2 rings (SSSR count). The Hall–Kier alpha value is -1.94. The minimum atomic E-state index is -3.76. The largest absolute Gasteiger partial charge is 0.501 e. The summed E-state index contributed by atoms with van der Waals surface area (Å²) >= 11 is 3.15. The molecule has 0 spiro atoms. The zero-order chi connectivity index (χ0) is 19.5. The lowest BCUT2D eigenvalue weighted by Crippen LogP contribution is -2.32. The normalized spacial score (nSPS) is 20.1. The van der Waals surface area contributed by atoms with Gasteiger partial charge < -0.3 is 19.3 Å². The zero-order valence-corrected chi connectivity index (χ0v) is 16.9. The highest BCUT2D eigenvalue weighted by Crippen LogP contribution is 2.40. The number of ketones is 1. The second-order valence-corrected chi connectivity index (χ2v) is 8.31. The molecule has 1 unspecified atom stereocenters. The summed E-state index contributed by atoms with van der Waals surface area (Å²) in [5.41, 5.74) is -1.22. The van der Waals surface area contributed by atoms with Crippen LogP contribution in [0.5, 0.6) is 11.5 Å². The van der Waals surface area contributed by atoms with Gasteiger partial charge in [0.2, 0.25) is 21.7 Å².